The van der Waals surface area contributed by atoms with Gasteiger partial charge in [0, 0.05) is 12.6 Å². The molecule has 118 valence electrons. The molecule has 0 radical (unpaired) electrons. The molecule has 0 aliphatic carbocycles. The largest absolute Gasteiger partial charge is 0.478 e. The lowest BCUT2D eigenvalue weighted by Gasteiger charge is -2.14. The zero-order valence-corrected chi connectivity index (χ0v) is 13.2. The average Bonchev–Trinajstić information content (AvgIpc) is 3.01. The summed E-state index contributed by atoms with van der Waals surface area (Å²) in [6.07, 6.45) is 8.93. The number of anilines is 1. The molecule has 2 heterocycles. The van der Waals surface area contributed by atoms with Gasteiger partial charge in [-0.2, -0.15) is 0 Å². The maximum absolute atomic E-state index is 5.58. The molecule has 5 nitrogen and oxygen atoms in total. The summed E-state index contributed by atoms with van der Waals surface area (Å²) >= 11 is 0. The van der Waals surface area contributed by atoms with Crippen LogP contribution in [-0.4, -0.2) is 47.7 Å². The van der Waals surface area contributed by atoms with Crippen LogP contribution in [0.25, 0.3) is 0 Å². The Morgan fingerprint density at radius 3 is 2.86 bits per heavy atom. The molecule has 0 aromatic carbocycles. The molecule has 1 aromatic heterocycles. The minimum atomic E-state index is 0.665. The van der Waals surface area contributed by atoms with Crippen molar-refractivity contribution in [3.63, 3.8) is 0 Å². The van der Waals surface area contributed by atoms with Gasteiger partial charge in [0.05, 0.1) is 6.61 Å². The van der Waals surface area contributed by atoms with E-state index in [2.05, 4.69) is 27.1 Å². The van der Waals surface area contributed by atoms with Crippen molar-refractivity contribution in [2.45, 2.75) is 45.4 Å². The van der Waals surface area contributed by atoms with Crippen LogP contribution in [0.2, 0.25) is 0 Å². The Morgan fingerprint density at radius 2 is 2.05 bits per heavy atom. The standard InChI is InChI=1S/C16H28N4O/c1-2-3-12-21-16-13-15(18-14-19-16)17-8-4-5-9-20-10-6-7-11-20/h13-14H,2-12H2,1H3,(H,17,18,19). The minimum absolute atomic E-state index is 0.665. The van der Waals surface area contributed by atoms with Crippen molar-refractivity contribution in [2.24, 2.45) is 0 Å². The van der Waals surface area contributed by atoms with E-state index in [-0.39, 0.29) is 0 Å². The predicted molar refractivity (Wildman–Crippen MR) is 85.8 cm³/mol. The number of rotatable bonds is 10. The molecule has 0 atom stereocenters. The first-order valence-corrected chi connectivity index (χ1v) is 8.29. The smallest absolute Gasteiger partial charge is 0.218 e. The number of ether oxygens (including phenoxy) is 1. The molecule has 1 aromatic rings. The van der Waals surface area contributed by atoms with Gasteiger partial charge in [-0.15, -0.1) is 0 Å². The van der Waals surface area contributed by atoms with Crippen molar-refractivity contribution in [1.82, 2.24) is 14.9 Å². The highest BCUT2D eigenvalue weighted by Crippen LogP contribution is 2.12. The first kappa shape index (κ1) is 16.0. The third-order valence-corrected chi connectivity index (χ3v) is 3.80. The van der Waals surface area contributed by atoms with E-state index < -0.39 is 0 Å². The first-order valence-electron chi connectivity index (χ1n) is 8.29. The quantitative estimate of drug-likeness (QED) is 0.672. The predicted octanol–water partition coefficient (Wildman–Crippen LogP) is 2.94. The van der Waals surface area contributed by atoms with Crippen LogP contribution in [0.1, 0.15) is 45.4 Å². The van der Waals surface area contributed by atoms with E-state index in [1.807, 2.05) is 6.07 Å². The minimum Gasteiger partial charge on any atom is -0.478 e. The molecule has 0 spiro atoms. The Morgan fingerprint density at radius 1 is 1.19 bits per heavy atom. The molecular weight excluding hydrogens is 264 g/mol. The van der Waals surface area contributed by atoms with Gasteiger partial charge in [0.15, 0.2) is 0 Å². The van der Waals surface area contributed by atoms with Gasteiger partial charge in [-0.1, -0.05) is 13.3 Å². The van der Waals surface area contributed by atoms with Gasteiger partial charge in [0.1, 0.15) is 12.1 Å². The molecule has 1 fully saturated rings. The summed E-state index contributed by atoms with van der Waals surface area (Å²) in [5, 5.41) is 3.35. The van der Waals surface area contributed by atoms with E-state index in [9.17, 15) is 0 Å². The summed E-state index contributed by atoms with van der Waals surface area (Å²) in [7, 11) is 0. The molecule has 0 bridgehead atoms. The highest BCUT2D eigenvalue weighted by Gasteiger charge is 2.09. The molecule has 5 heteroatoms. The topological polar surface area (TPSA) is 50.3 Å². The molecule has 1 aliphatic rings. The fraction of sp³-hybridized carbons (Fsp3) is 0.750. The molecule has 1 aliphatic heterocycles. The van der Waals surface area contributed by atoms with Crippen LogP contribution >= 0.6 is 0 Å². The van der Waals surface area contributed by atoms with Crippen LogP contribution in [-0.2, 0) is 0 Å². The van der Waals surface area contributed by atoms with Crippen molar-refractivity contribution in [1.29, 1.82) is 0 Å². The SMILES string of the molecule is CCCCOc1cc(NCCCCN2CCCC2)ncn1. The molecule has 0 amide bonds. The summed E-state index contributed by atoms with van der Waals surface area (Å²) in [6.45, 7) is 7.65. The molecular formula is C16H28N4O. The Bertz CT molecular complexity index is 394. The maximum Gasteiger partial charge on any atom is 0.218 e. The van der Waals surface area contributed by atoms with Crippen molar-refractivity contribution >= 4 is 5.82 Å². The Labute approximate surface area is 128 Å². The van der Waals surface area contributed by atoms with Gasteiger partial charge in [0.2, 0.25) is 5.88 Å². The van der Waals surface area contributed by atoms with Crippen LogP contribution in [0.5, 0.6) is 5.88 Å². The van der Waals surface area contributed by atoms with E-state index in [1.54, 1.807) is 6.33 Å². The van der Waals surface area contributed by atoms with Crippen LogP contribution < -0.4 is 10.1 Å². The number of nitrogens with zero attached hydrogens (tertiary/aromatic N) is 3. The van der Waals surface area contributed by atoms with E-state index >= 15 is 0 Å². The average molecular weight is 292 g/mol. The molecule has 21 heavy (non-hydrogen) atoms. The van der Waals surface area contributed by atoms with E-state index in [0.29, 0.717) is 5.88 Å². The highest BCUT2D eigenvalue weighted by molar-refractivity contribution is 5.36. The number of hydrogen-bond acceptors (Lipinski definition) is 5. The van der Waals surface area contributed by atoms with E-state index in [0.717, 1.165) is 31.8 Å². The summed E-state index contributed by atoms with van der Waals surface area (Å²) < 4.78 is 5.58. The summed E-state index contributed by atoms with van der Waals surface area (Å²) in [5.41, 5.74) is 0. The summed E-state index contributed by atoms with van der Waals surface area (Å²) in [6, 6.07) is 1.89. The zero-order valence-electron chi connectivity index (χ0n) is 13.2. The Kier molecular flexibility index (Phi) is 7.29. The zero-order chi connectivity index (χ0) is 14.8. The second-order valence-electron chi connectivity index (χ2n) is 5.63. The summed E-state index contributed by atoms with van der Waals surface area (Å²) in [4.78, 5) is 10.9. The van der Waals surface area contributed by atoms with Gasteiger partial charge < -0.3 is 15.0 Å². The number of unbranched alkanes of at least 4 members (excludes halogenated alkanes) is 2. The van der Waals surface area contributed by atoms with Crippen molar-refractivity contribution in [2.75, 3.05) is 38.1 Å². The number of likely N-dealkylation sites (tertiary alicyclic amines) is 1. The molecule has 0 unspecified atom stereocenters. The molecule has 0 saturated carbocycles. The number of aromatic nitrogens is 2. The molecule has 2 rings (SSSR count). The monoisotopic (exact) mass is 292 g/mol. The van der Waals surface area contributed by atoms with Crippen molar-refractivity contribution < 1.29 is 4.74 Å². The van der Waals surface area contributed by atoms with Crippen LogP contribution in [0, 0.1) is 0 Å². The number of nitrogens with one attached hydrogen (secondary N) is 1. The van der Waals surface area contributed by atoms with Crippen molar-refractivity contribution in [3.8, 4) is 5.88 Å². The third-order valence-electron chi connectivity index (χ3n) is 3.80. The first-order chi connectivity index (χ1) is 10.4. The lowest BCUT2D eigenvalue weighted by atomic mass is 10.3. The van der Waals surface area contributed by atoms with Crippen LogP contribution in [0.15, 0.2) is 12.4 Å². The van der Waals surface area contributed by atoms with Gasteiger partial charge in [-0.05, 0) is 51.7 Å². The second kappa shape index (κ2) is 9.55. The maximum atomic E-state index is 5.58. The lowest BCUT2D eigenvalue weighted by Crippen LogP contribution is -2.20. The fourth-order valence-electron chi connectivity index (χ4n) is 2.52. The number of hydrogen-bond donors (Lipinski definition) is 1. The molecule has 1 N–H and O–H groups in total. The van der Waals surface area contributed by atoms with Crippen LogP contribution in [0.4, 0.5) is 5.82 Å². The van der Waals surface area contributed by atoms with Gasteiger partial charge >= 0.3 is 0 Å². The normalized spacial score (nSPS) is 15.3. The van der Waals surface area contributed by atoms with Crippen LogP contribution in [0.3, 0.4) is 0 Å². The van der Waals surface area contributed by atoms with E-state index in [4.69, 9.17) is 4.74 Å². The molecule has 1 saturated heterocycles. The summed E-state index contributed by atoms with van der Waals surface area (Å²) in [5.74, 6) is 1.52. The Hall–Kier alpha value is -1.36. The fourth-order valence-corrected chi connectivity index (χ4v) is 2.52. The highest BCUT2D eigenvalue weighted by atomic mass is 16.5. The Balaban J connectivity index is 1.59. The van der Waals surface area contributed by atoms with Gasteiger partial charge in [-0.25, -0.2) is 9.97 Å². The lowest BCUT2D eigenvalue weighted by molar-refractivity contribution is 0.297. The second-order valence-corrected chi connectivity index (χ2v) is 5.63. The third kappa shape index (κ3) is 6.29. The van der Waals surface area contributed by atoms with Gasteiger partial charge in [0.25, 0.3) is 0 Å². The van der Waals surface area contributed by atoms with Crippen molar-refractivity contribution in [3.05, 3.63) is 12.4 Å². The van der Waals surface area contributed by atoms with Gasteiger partial charge in [-0.3, -0.25) is 0 Å². The van der Waals surface area contributed by atoms with E-state index in [1.165, 1.54) is 45.3 Å².